The number of phenols is 1. The van der Waals surface area contributed by atoms with Crippen molar-refractivity contribution in [2.45, 2.75) is 19.4 Å². The van der Waals surface area contributed by atoms with Gasteiger partial charge in [0, 0.05) is 29.3 Å². The Hall–Kier alpha value is -3.45. The van der Waals surface area contributed by atoms with Crippen molar-refractivity contribution in [2.75, 3.05) is 18.7 Å². The average molecular weight is 409 g/mol. The molecule has 2 atom stereocenters. The summed E-state index contributed by atoms with van der Waals surface area (Å²) in [5, 5.41) is 23.8. The van der Waals surface area contributed by atoms with Crippen LogP contribution in [0.15, 0.2) is 54.6 Å². The summed E-state index contributed by atoms with van der Waals surface area (Å²) >= 11 is 0. The molecule has 1 amide bonds. The number of rotatable bonds is 6. The Balaban J connectivity index is 1.60. The summed E-state index contributed by atoms with van der Waals surface area (Å²) in [6.45, 7) is 2.04. The number of phenolic OH excluding ortho intramolecular Hbond substituents is 1. The quantitative estimate of drug-likeness (QED) is 0.551. The Morgan fingerprint density at radius 1 is 1.10 bits per heavy atom. The molecule has 0 radical (unpaired) electrons. The van der Waals surface area contributed by atoms with Crippen LogP contribution in [0.3, 0.4) is 0 Å². The maximum absolute atomic E-state index is 12.7. The molecule has 1 aliphatic rings. The summed E-state index contributed by atoms with van der Waals surface area (Å²) in [5.41, 5.74) is 1.29. The second kappa shape index (κ2) is 8.51. The van der Waals surface area contributed by atoms with Gasteiger partial charge in [0.25, 0.3) is 0 Å². The summed E-state index contributed by atoms with van der Waals surface area (Å²) in [4.78, 5) is 12.7. The molecule has 1 heterocycles. The van der Waals surface area contributed by atoms with Crippen molar-refractivity contribution >= 4 is 22.6 Å². The minimum Gasteiger partial charge on any atom is -0.507 e. The van der Waals surface area contributed by atoms with E-state index in [1.54, 1.807) is 30.3 Å². The highest BCUT2D eigenvalue weighted by Gasteiger charge is 2.26. The lowest BCUT2D eigenvalue weighted by Gasteiger charge is -2.25. The SMILES string of the molecule is C[C@H](CCO)[C@@H](OC(=O)Nc1ccc2c(c1)OCO2)c1ccc(O)c2ccccc12. The topological polar surface area (TPSA) is 97.3 Å². The summed E-state index contributed by atoms with van der Waals surface area (Å²) in [7, 11) is 0. The van der Waals surface area contributed by atoms with Crippen LogP contribution in [0.4, 0.5) is 10.5 Å². The summed E-state index contributed by atoms with van der Waals surface area (Å²) in [6.07, 6.45) is -0.783. The minimum absolute atomic E-state index is 0.0270. The van der Waals surface area contributed by atoms with Crippen molar-refractivity contribution in [3.63, 3.8) is 0 Å². The number of aliphatic hydroxyl groups excluding tert-OH is 1. The molecule has 0 spiro atoms. The predicted molar refractivity (Wildman–Crippen MR) is 112 cm³/mol. The monoisotopic (exact) mass is 409 g/mol. The highest BCUT2D eigenvalue weighted by molar-refractivity contribution is 5.91. The van der Waals surface area contributed by atoms with E-state index in [9.17, 15) is 15.0 Å². The lowest BCUT2D eigenvalue weighted by Crippen LogP contribution is -2.22. The van der Waals surface area contributed by atoms with E-state index in [0.717, 1.165) is 10.9 Å². The highest BCUT2D eigenvalue weighted by Crippen LogP contribution is 2.37. The number of ether oxygens (including phenoxy) is 3. The number of aromatic hydroxyl groups is 1. The van der Waals surface area contributed by atoms with Gasteiger partial charge in [-0.15, -0.1) is 0 Å². The molecule has 30 heavy (non-hydrogen) atoms. The number of anilines is 1. The number of aliphatic hydroxyl groups is 1. The Morgan fingerprint density at radius 2 is 1.87 bits per heavy atom. The van der Waals surface area contributed by atoms with Gasteiger partial charge < -0.3 is 24.4 Å². The molecule has 3 N–H and O–H groups in total. The number of nitrogens with one attached hydrogen (secondary N) is 1. The number of hydrogen-bond donors (Lipinski definition) is 3. The third-order valence-electron chi connectivity index (χ3n) is 5.20. The van der Waals surface area contributed by atoms with Crippen molar-refractivity contribution < 1.29 is 29.2 Å². The summed E-state index contributed by atoms with van der Waals surface area (Å²) < 4.78 is 16.4. The van der Waals surface area contributed by atoms with Gasteiger partial charge in [0.05, 0.1) is 0 Å². The van der Waals surface area contributed by atoms with Crippen LogP contribution in [-0.2, 0) is 4.74 Å². The fourth-order valence-electron chi connectivity index (χ4n) is 3.63. The molecule has 3 aromatic carbocycles. The third-order valence-corrected chi connectivity index (χ3v) is 5.20. The molecule has 0 aromatic heterocycles. The standard InChI is InChI=1S/C23H23NO6/c1-14(10-11-25)22(18-7-8-19(26)17-5-3-2-4-16(17)18)30-23(27)24-15-6-9-20-21(12-15)29-13-28-20/h2-9,12,14,22,25-26H,10-11,13H2,1H3,(H,24,27)/t14-,22-/m1/s1. The molecule has 156 valence electrons. The molecule has 7 heteroatoms. The fourth-order valence-corrected chi connectivity index (χ4v) is 3.63. The van der Waals surface area contributed by atoms with Crippen molar-refractivity contribution in [3.05, 3.63) is 60.2 Å². The lowest BCUT2D eigenvalue weighted by molar-refractivity contribution is 0.0676. The Morgan fingerprint density at radius 3 is 2.67 bits per heavy atom. The number of carbonyl (C=O) groups is 1. The van der Waals surface area contributed by atoms with Crippen LogP contribution in [0.1, 0.15) is 25.0 Å². The highest BCUT2D eigenvalue weighted by atomic mass is 16.7. The van der Waals surface area contributed by atoms with Crippen LogP contribution in [0.5, 0.6) is 17.2 Å². The molecular weight excluding hydrogens is 386 g/mol. The number of hydrogen-bond acceptors (Lipinski definition) is 6. The molecular formula is C23H23NO6. The average Bonchev–Trinajstić information content (AvgIpc) is 3.21. The van der Waals surface area contributed by atoms with Gasteiger partial charge in [-0.25, -0.2) is 4.79 Å². The van der Waals surface area contributed by atoms with Crippen LogP contribution < -0.4 is 14.8 Å². The van der Waals surface area contributed by atoms with Gasteiger partial charge >= 0.3 is 6.09 Å². The van der Waals surface area contributed by atoms with Crippen molar-refractivity contribution in [1.82, 2.24) is 0 Å². The van der Waals surface area contributed by atoms with Gasteiger partial charge in [-0.05, 0) is 35.9 Å². The predicted octanol–water partition coefficient (Wildman–Crippen LogP) is 4.58. The number of benzene rings is 3. The zero-order valence-electron chi connectivity index (χ0n) is 16.5. The first-order chi connectivity index (χ1) is 14.6. The smallest absolute Gasteiger partial charge is 0.412 e. The molecule has 0 unspecified atom stereocenters. The molecule has 3 aromatic rings. The van der Waals surface area contributed by atoms with E-state index in [-0.39, 0.29) is 25.1 Å². The van der Waals surface area contributed by atoms with Gasteiger partial charge in [-0.1, -0.05) is 37.3 Å². The maximum Gasteiger partial charge on any atom is 0.412 e. The molecule has 0 fully saturated rings. The molecule has 4 rings (SSSR count). The van der Waals surface area contributed by atoms with E-state index >= 15 is 0 Å². The number of carbonyl (C=O) groups excluding carboxylic acids is 1. The van der Waals surface area contributed by atoms with Crippen molar-refractivity contribution in [3.8, 4) is 17.2 Å². The number of amides is 1. The normalized spacial score (nSPS) is 14.3. The van der Waals surface area contributed by atoms with E-state index in [1.807, 2.05) is 31.2 Å². The molecule has 0 saturated heterocycles. The largest absolute Gasteiger partial charge is 0.507 e. The van der Waals surface area contributed by atoms with Crippen LogP contribution in [0, 0.1) is 5.92 Å². The minimum atomic E-state index is -0.624. The first-order valence-electron chi connectivity index (χ1n) is 9.75. The third kappa shape index (κ3) is 3.97. The molecule has 0 aliphatic carbocycles. The van der Waals surface area contributed by atoms with Crippen LogP contribution in [0.25, 0.3) is 10.8 Å². The van der Waals surface area contributed by atoms with Crippen molar-refractivity contribution in [2.24, 2.45) is 5.92 Å². The summed E-state index contributed by atoms with van der Waals surface area (Å²) in [6, 6.07) is 15.8. The van der Waals surface area contributed by atoms with Gasteiger partial charge in [0.1, 0.15) is 11.9 Å². The number of fused-ring (bicyclic) bond motifs is 2. The second-order valence-electron chi connectivity index (χ2n) is 7.23. The maximum atomic E-state index is 12.7. The van der Waals surface area contributed by atoms with Crippen LogP contribution in [-0.4, -0.2) is 29.7 Å². The zero-order valence-corrected chi connectivity index (χ0v) is 16.5. The molecule has 0 saturated carbocycles. The van der Waals surface area contributed by atoms with E-state index in [1.165, 1.54) is 0 Å². The van der Waals surface area contributed by atoms with E-state index in [0.29, 0.717) is 29.0 Å². The zero-order chi connectivity index (χ0) is 21.1. The second-order valence-corrected chi connectivity index (χ2v) is 7.23. The first-order valence-corrected chi connectivity index (χ1v) is 9.75. The van der Waals surface area contributed by atoms with E-state index in [2.05, 4.69) is 5.32 Å². The van der Waals surface area contributed by atoms with Gasteiger partial charge in [0.2, 0.25) is 6.79 Å². The van der Waals surface area contributed by atoms with E-state index in [4.69, 9.17) is 14.2 Å². The first kappa shape index (κ1) is 19.8. The summed E-state index contributed by atoms with van der Waals surface area (Å²) in [5.74, 6) is 1.19. The Labute approximate surface area is 173 Å². The molecule has 1 aliphatic heterocycles. The Bertz CT molecular complexity index is 1070. The molecule has 7 nitrogen and oxygen atoms in total. The van der Waals surface area contributed by atoms with Crippen LogP contribution >= 0.6 is 0 Å². The molecule has 0 bridgehead atoms. The van der Waals surface area contributed by atoms with Crippen molar-refractivity contribution in [1.29, 1.82) is 0 Å². The van der Waals surface area contributed by atoms with Crippen LogP contribution in [0.2, 0.25) is 0 Å². The van der Waals surface area contributed by atoms with E-state index < -0.39 is 12.2 Å². The fraction of sp³-hybridized carbons (Fsp3) is 0.261. The van der Waals surface area contributed by atoms with Gasteiger partial charge in [-0.3, -0.25) is 5.32 Å². The van der Waals surface area contributed by atoms with Gasteiger partial charge in [-0.2, -0.15) is 0 Å². The van der Waals surface area contributed by atoms with Gasteiger partial charge in [0.15, 0.2) is 11.5 Å². The lowest BCUT2D eigenvalue weighted by atomic mass is 9.91. The Kier molecular flexibility index (Phi) is 5.63.